The van der Waals surface area contributed by atoms with Crippen LogP contribution in [0.4, 0.5) is 0 Å². The van der Waals surface area contributed by atoms with Gasteiger partial charge in [-0.1, -0.05) is 69.0 Å². The van der Waals surface area contributed by atoms with Crippen molar-refractivity contribution in [2.45, 2.75) is 125 Å². The minimum Gasteiger partial charge on any atom is -0.459 e. The molecule has 0 amide bonds. The van der Waals surface area contributed by atoms with Gasteiger partial charge in [-0.2, -0.15) is 12.6 Å². The zero-order valence-electron chi connectivity index (χ0n) is 31.2. The Kier molecular flexibility index (Phi) is 17.5. The maximum atomic E-state index is 13.7. The quantitative estimate of drug-likeness (QED) is 0.0809. The van der Waals surface area contributed by atoms with Gasteiger partial charge in [-0.3, -0.25) is 14.4 Å². The van der Waals surface area contributed by atoms with E-state index in [9.17, 15) is 24.0 Å². The lowest BCUT2D eigenvalue weighted by atomic mass is 10.00. The van der Waals surface area contributed by atoms with Crippen molar-refractivity contribution in [3.05, 3.63) is 71.8 Å². The lowest BCUT2D eigenvalue weighted by molar-refractivity contribution is -0.229. The molecule has 296 valence electrons. The second-order valence-corrected chi connectivity index (χ2v) is 16.1. The summed E-state index contributed by atoms with van der Waals surface area (Å²) in [7, 11) is 0. The van der Waals surface area contributed by atoms with Crippen LogP contribution in [0.3, 0.4) is 0 Å². The van der Waals surface area contributed by atoms with Gasteiger partial charge in [0.25, 0.3) is 0 Å². The molecule has 0 aliphatic carbocycles. The van der Waals surface area contributed by atoms with Gasteiger partial charge in [-0.15, -0.1) is 23.5 Å². The highest BCUT2D eigenvalue weighted by atomic mass is 32.2. The average Bonchev–Trinajstić information content (AvgIpc) is 3.14. The van der Waals surface area contributed by atoms with Crippen molar-refractivity contribution >= 4 is 66.0 Å². The van der Waals surface area contributed by atoms with E-state index >= 15 is 0 Å². The summed E-state index contributed by atoms with van der Waals surface area (Å²) >= 11 is 7.67. The molecular formula is C39H50O12S3. The Bertz CT molecular complexity index is 1530. The number of rotatable bonds is 17. The van der Waals surface area contributed by atoms with Crippen LogP contribution in [0.15, 0.2) is 60.7 Å². The highest BCUT2D eigenvalue weighted by Gasteiger charge is 2.55. The van der Waals surface area contributed by atoms with E-state index in [1.54, 1.807) is 67.6 Å². The normalized spacial score (nSPS) is 28.0. The number of hydrogen-bond donors (Lipinski definition) is 1. The van der Waals surface area contributed by atoms with Crippen LogP contribution >= 0.6 is 36.2 Å². The van der Waals surface area contributed by atoms with Gasteiger partial charge >= 0.3 is 29.8 Å². The van der Waals surface area contributed by atoms with Crippen molar-refractivity contribution in [3.8, 4) is 0 Å². The molecule has 2 aromatic carbocycles. The van der Waals surface area contributed by atoms with E-state index in [0.717, 1.165) is 32.1 Å². The number of carbonyl (C=O) groups excluding carboxylic acids is 5. The van der Waals surface area contributed by atoms with E-state index < -0.39 is 87.8 Å². The van der Waals surface area contributed by atoms with Crippen LogP contribution < -0.4 is 0 Å². The first kappa shape index (κ1) is 43.5. The summed E-state index contributed by atoms with van der Waals surface area (Å²) in [5, 5.41) is -1.45. The Labute approximate surface area is 330 Å². The average molecular weight is 807 g/mol. The number of thioether (sulfide) groups is 2. The predicted molar refractivity (Wildman–Crippen MR) is 207 cm³/mol. The molecule has 15 heteroatoms. The predicted octanol–water partition coefficient (Wildman–Crippen LogP) is 6.44. The number of carbonyl (C=O) groups is 5. The zero-order chi connectivity index (χ0) is 39.2. The van der Waals surface area contributed by atoms with Gasteiger partial charge in [0.2, 0.25) is 0 Å². The first-order valence-corrected chi connectivity index (χ1v) is 20.7. The van der Waals surface area contributed by atoms with Crippen LogP contribution in [0.2, 0.25) is 0 Å². The molecule has 2 aliphatic heterocycles. The summed E-state index contributed by atoms with van der Waals surface area (Å²) in [6.07, 6.45) is -0.825. The summed E-state index contributed by atoms with van der Waals surface area (Å²) < 4.78 is 41.9. The Morgan fingerprint density at radius 1 is 0.667 bits per heavy atom. The molecule has 0 bridgehead atoms. The van der Waals surface area contributed by atoms with E-state index in [0.29, 0.717) is 16.9 Å². The highest BCUT2D eigenvalue weighted by molar-refractivity contribution is 8.01. The minimum atomic E-state index is -1.25. The standard InChI is InChI=1S/C39H50O12S3/c1-6-7-8-9-16-21-53-38-33(51-37(44)28-19-14-11-15-20-28)35(34(52)29(50-38)22-45-36(43)27-17-12-10-13-18-27)54-39-32(49-26(5)42)31(48-25(4)41)30(23(2)46-39)47-24(3)40/h10-15,17-20,23,29-35,38-39,52H,6-9,16,21-22H2,1-5H3/t23-,29+,30+,31+,32-,33+,34+,35+,38-,39-/m0/s1. The maximum Gasteiger partial charge on any atom is 0.338 e. The van der Waals surface area contributed by atoms with Gasteiger partial charge in [-0.05, 0) is 43.4 Å². The molecule has 2 aliphatic rings. The largest absolute Gasteiger partial charge is 0.459 e. The molecule has 12 nitrogen and oxygen atoms in total. The van der Waals surface area contributed by atoms with E-state index in [1.165, 1.54) is 44.3 Å². The third kappa shape index (κ3) is 12.7. The van der Waals surface area contributed by atoms with Crippen LogP contribution in [0.1, 0.15) is 87.4 Å². The van der Waals surface area contributed by atoms with Gasteiger partial charge in [-0.25, -0.2) is 9.59 Å². The molecule has 2 fully saturated rings. The number of unbranched alkanes of at least 4 members (excludes halogenated alkanes) is 4. The topological polar surface area (TPSA) is 150 Å². The van der Waals surface area contributed by atoms with Crippen molar-refractivity contribution in [1.29, 1.82) is 0 Å². The molecule has 0 spiro atoms. The number of esters is 5. The third-order valence-electron chi connectivity index (χ3n) is 8.71. The van der Waals surface area contributed by atoms with E-state index in [-0.39, 0.29) is 6.61 Å². The van der Waals surface area contributed by atoms with Crippen molar-refractivity contribution in [2.75, 3.05) is 12.4 Å². The van der Waals surface area contributed by atoms with Gasteiger partial charge in [0.1, 0.15) is 23.6 Å². The molecule has 0 unspecified atom stereocenters. The minimum absolute atomic E-state index is 0.161. The summed E-state index contributed by atoms with van der Waals surface area (Å²) in [6, 6.07) is 17.1. The smallest absolute Gasteiger partial charge is 0.338 e. The van der Waals surface area contributed by atoms with Gasteiger partial charge in [0, 0.05) is 26.0 Å². The summed E-state index contributed by atoms with van der Waals surface area (Å²) in [5.74, 6) is -2.44. The molecule has 2 saturated heterocycles. The first-order valence-electron chi connectivity index (χ1n) is 18.2. The number of ether oxygens (including phenoxy) is 7. The van der Waals surface area contributed by atoms with E-state index in [2.05, 4.69) is 6.92 Å². The van der Waals surface area contributed by atoms with Crippen molar-refractivity contribution in [2.24, 2.45) is 0 Å². The summed E-state index contributed by atoms with van der Waals surface area (Å²) in [5.41, 5.74) is -1.05. The molecule has 0 saturated carbocycles. The summed E-state index contributed by atoms with van der Waals surface area (Å²) in [4.78, 5) is 63.7. The number of hydrogen-bond acceptors (Lipinski definition) is 15. The fourth-order valence-electron chi connectivity index (χ4n) is 6.16. The molecular weight excluding hydrogens is 757 g/mol. The highest BCUT2D eigenvalue weighted by Crippen LogP contribution is 2.44. The van der Waals surface area contributed by atoms with E-state index in [1.807, 2.05) is 0 Å². The van der Waals surface area contributed by atoms with Crippen LogP contribution in [0, 0.1) is 0 Å². The number of benzene rings is 2. The van der Waals surface area contributed by atoms with Gasteiger partial charge in [0.05, 0.1) is 22.5 Å². The Balaban J connectivity index is 1.71. The first-order chi connectivity index (χ1) is 25.9. The zero-order valence-corrected chi connectivity index (χ0v) is 33.7. The van der Waals surface area contributed by atoms with E-state index in [4.69, 9.17) is 45.8 Å². The summed E-state index contributed by atoms with van der Waals surface area (Å²) in [6.45, 7) is 7.26. The fraction of sp³-hybridized carbons (Fsp3) is 0.564. The Hall–Kier alpha value is -3.24. The van der Waals surface area contributed by atoms with Crippen molar-refractivity contribution < 1.29 is 57.1 Å². The molecule has 54 heavy (non-hydrogen) atoms. The third-order valence-corrected chi connectivity index (χ3v) is 12.3. The van der Waals surface area contributed by atoms with Gasteiger partial charge < -0.3 is 33.2 Å². The second-order valence-electron chi connectivity index (χ2n) is 13.1. The molecule has 0 N–H and O–H groups in total. The van der Waals surface area contributed by atoms with Crippen LogP contribution in [-0.4, -0.2) is 100 Å². The lowest BCUT2D eigenvalue weighted by Crippen LogP contribution is -2.62. The molecule has 4 rings (SSSR count). The Morgan fingerprint density at radius 2 is 1.22 bits per heavy atom. The monoisotopic (exact) mass is 806 g/mol. The van der Waals surface area contributed by atoms with Crippen LogP contribution in [-0.2, 0) is 47.5 Å². The molecule has 0 aromatic heterocycles. The Morgan fingerprint density at radius 3 is 1.81 bits per heavy atom. The molecule has 0 radical (unpaired) electrons. The lowest BCUT2D eigenvalue weighted by Gasteiger charge is -2.48. The molecule has 2 heterocycles. The van der Waals surface area contributed by atoms with Crippen molar-refractivity contribution in [1.82, 2.24) is 0 Å². The van der Waals surface area contributed by atoms with Crippen LogP contribution in [0.25, 0.3) is 0 Å². The molecule has 2 aromatic rings. The number of thiol groups is 1. The fourth-order valence-corrected chi connectivity index (χ4v) is 9.64. The SMILES string of the molecule is CCCCCCCS[C@@H]1O[C@H](COC(=O)c2ccccc2)[C@@H](S)[C@H](S[C@@H]2O[C@@H](C)[C@@H](OC(C)=O)[C@@H](OC(C)=O)[C@@H]2OC(C)=O)[C@H]1OC(=O)c1ccccc1. The van der Waals surface area contributed by atoms with Crippen molar-refractivity contribution in [3.63, 3.8) is 0 Å². The molecule has 10 atom stereocenters. The van der Waals surface area contributed by atoms with Gasteiger partial charge in [0.15, 0.2) is 24.4 Å². The van der Waals surface area contributed by atoms with Crippen LogP contribution in [0.5, 0.6) is 0 Å². The maximum absolute atomic E-state index is 13.7. The second kappa shape index (κ2) is 21.7.